The summed E-state index contributed by atoms with van der Waals surface area (Å²) in [5.41, 5.74) is 1.74. The lowest BCUT2D eigenvalue weighted by atomic mass is 10.1. The van der Waals surface area contributed by atoms with Gasteiger partial charge in [-0.3, -0.25) is 0 Å². The van der Waals surface area contributed by atoms with E-state index in [-0.39, 0.29) is 6.04 Å². The Kier molecular flexibility index (Phi) is 4.47. The standard InChI is InChI=1S/C16H18ClN3O2/c1-11(9-13(21)14-5-4-8-22-14)18-10-12-16(17)19-15-6-2-3-7-20(12)15/h2-8,11,13,18,21H,9-10H2,1H3. The summed E-state index contributed by atoms with van der Waals surface area (Å²) in [5.74, 6) is 0.585. The van der Waals surface area contributed by atoms with Crippen molar-refractivity contribution in [2.75, 3.05) is 0 Å². The molecule has 6 heteroatoms. The van der Waals surface area contributed by atoms with Crippen LogP contribution in [-0.2, 0) is 6.54 Å². The number of hydrogen-bond donors (Lipinski definition) is 2. The summed E-state index contributed by atoms with van der Waals surface area (Å²) < 4.78 is 7.17. The molecule has 3 rings (SSSR count). The van der Waals surface area contributed by atoms with Crippen molar-refractivity contribution in [3.63, 3.8) is 0 Å². The van der Waals surface area contributed by atoms with Gasteiger partial charge in [-0.2, -0.15) is 0 Å². The highest BCUT2D eigenvalue weighted by atomic mass is 35.5. The number of aliphatic hydroxyl groups excluding tert-OH is 1. The maximum Gasteiger partial charge on any atom is 0.152 e. The molecule has 0 aromatic carbocycles. The molecule has 22 heavy (non-hydrogen) atoms. The molecule has 3 aromatic heterocycles. The van der Waals surface area contributed by atoms with Crippen LogP contribution in [0.2, 0.25) is 5.15 Å². The van der Waals surface area contributed by atoms with E-state index in [0.717, 1.165) is 11.3 Å². The second-order valence-corrected chi connectivity index (χ2v) is 5.69. The van der Waals surface area contributed by atoms with E-state index in [2.05, 4.69) is 10.3 Å². The van der Waals surface area contributed by atoms with E-state index in [1.807, 2.05) is 35.7 Å². The first-order valence-corrected chi connectivity index (χ1v) is 7.59. The Morgan fingerprint density at radius 2 is 2.23 bits per heavy atom. The normalized spacial score (nSPS) is 14.3. The van der Waals surface area contributed by atoms with Crippen LogP contribution >= 0.6 is 11.6 Å². The van der Waals surface area contributed by atoms with E-state index in [4.69, 9.17) is 16.0 Å². The smallest absolute Gasteiger partial charge is 0.152 e. The zero-order valence-electron chi connectivity index (χ0n) is 12.2. The summed E-state index contributed by atoms with van der Waals surface area (Å²) in [7, 11) is 0. The first-order chi connectivity index (χ1) is 10.6. The first-order valence-electron chi connectivity index (χ1n) is 7.21. The van der Waals surface area contributed by atoms with Crippen LogP contribution in [0.4, 0.5) is 0 Å². The van der Waals surface area contributed by atoms with Gasteiger partial charge >= 0.3 is 0 Å². The first kappa shape index (κ1) is 15.1. The molecule has 2 atom stereocenters. The Hall–Kier alpha value is -1.82. The number of rotatable bonds is 6. The summed E-state index contributed by atoms with van der Waals surface area (Å²) in [6.45, 7) is 2.60. The van der Waals surface area contributed by atoms with Gasteiger partial charge in [0.05, 0.1) is 12.0 Å². The number of aliphatic hydroxyl groups is 1. The quantitative estimate of drug-likeness (QED) is 0.732. The average Bonchev–Trinajstić information content (AvgIpc) is 3.12. The SMILES string of the molecule is CC(CC(O)c1ccco1)NCc1c(Cl)nc2ccccn12. The van der Waals surface area contributed by atoms with Gasteiger partial charge in [0.15, 0.2) is 5.15 Å². The Bertz CT molecular complexity index is 739. The molecule has 0 saturated carbocycles. The topological polar surface area (TPSA) is 62.7 Å². The molecule has 0 aliphatic heterocycles. The number of nitrogens with zero attached hydrogens (tertiary/aromatic N) is 2. The van der Waals surface area contributed by atoms with Crippen LogP contribution in [0.1, 0.15) is 30.9 Å². The van der Waals surface area contributed by atoms with Crippen molar-refractivity contribution in [3.05, 3.63) is 59.4 Å². The van der Waals surface area contributed by atoms with Crippen molar-refractivity contribution in [2.24, 2.45) is 0 Å². The number of fused-ring (bicyclic) bond motifs is 1. The van der Waals surface area contributed by atoms with E-state index in [1.165, 1.54) is 0 Å². The zero-order chi connectivity index (χ0) is 15.5. The van der Waals surface area contributed by atoms with E-state index in [0.29, 0.717) is 23.9 Å². The molecular formula is C16H18ClN3O2. The summed E-state index contributed by atoms with van der Waals surface area (Å²) in [4.78, 5) is 4.32. The molecule has 0 saturated heterocycles. The largest absolute Gasteiger partial charge is 0.467 e. The van der Waals surface area contributed by atoms with Crippen molar-refractivity contribution >= 4 is 17.2 Å². The minimum atomic E-state index is -0.616. The van der Waals surface area contributed by atoms with Gasteiger partial charge in [-0.05, 0) is 37.6 Å². The molecule has 3 heterocycles. The third-order valence-corrected chi connectivity index (χ3v) is 3.95. The minimum absolute atomic E-state index is 0.102. The molecule has 0 fully saturated rings. The number of nitrogens with one attached hydrogen (secondary N) is 1. The van der Waals surface area contributed by atoms with Gasteiger partial charge in [0.25, 0.3) is 0 Å². The molecule has 0 amide bonds. The predicted octanol–water partition coefficient (Wildman–Crippen LogP) is 3.18. The van der Waals surface area contributed by atoms with Crippen molar-refractivity contribution in [1.82, 2.24) is 14.7 Å². The fourth-order valence-corrected chi connectivity index (χ4v) is 2.71. The maximum absolute atomic E-state index is 10.1. The van der Waals surface area contributed by atoms with Crippen LogP contribution in [0.3, 0.4) is 0 Å². The third-order valence-electron chi connectivity index (χ3n) is 3.65. The molecule has 2 N–H and O–H groups in total. The lowest BCUT2D eigenvalue weighted by Gasteiger charge is -2.16. The van der Waals surface area contributed by atoms with Gasteiger partial charge in [-0.1, -0.05) is 17.7 Å². The number of hydrogen-bond acceptors (Lipinski definition) is 4. The summed E-state index contributed by atoms with van der Waals surface area (Å²) in [6, 6.07) is 9.44. The van der Waals surface area contributed by atoms with Gasteiger partial charge < -0.3 is 19.2 Å². The minimum Gasteiger partial charge on any atom is -0.467 e. The van der Waals surface area contributed by atoms with E-state index in [9.17, 15) is 5.11 Å². The number of imidazole rings is 1. The summed E-state index contributed by atoms with van der Waals surface area (Å²) >= 11 is 6.20. The Morgan fingerprint density at radius 3 is 3.00 bits per heavy atom. The number of halogens is 1. The van der Waals surface area contributed by atoms with Crippen LogP contribution in [-0.4, -0.2) is 20.5 Å². The summed E-state index contributed by atoms with van der Waals surface area (Å²) in [6.07, 6.45) is 3.44. The van der Waals surface area contributed by atoms with Crippen molar-refractivity contribution in [1.29, 1.82) is 0 Å². The fourth-order valence-electron chi connectivity index (χ4n) is 2.46. The highest BCUT2D eigenvalue weighted by molar-refractivity contribution is 6.30. The molecule has 0 aliphatic carbocycles. The van der Waals surface area contributed by atoms with Crippen LogP contribution in [0, 0.1) is 0 Å². The molecule has 5 nitrogen and oxygen atoms in total. The van der Waals surface area contributed by atoms with Crippen molar-refractivity contribution in [2.45, 2.75) is 32.0 Å². The third kappa shape index (κ3) is 3.16. The van der Waals surface area contributed by atoms with E-state index >= 15 is 0 Å². The Balaban J connectivity index is 1.63. The summed E-state index contributed by atoms with van der Waals surface area (Å²) in [5, 5.41) is 13.9. The van der Waals surface area contributed by atoms with Crippen LogP contribution in [0.5, 0.6) is 0 Å². The molecule has 0 spiro atoms. The highest BCUT2D eigenvalue weighted by Crippen LogP contribution is 2.20. The maximum atomic E-state index is 10.1. The Labute approximate surface area is 133 Å². The second-order valence-electron chi connectivity index (χ2n) is 5.33. The van der Waals surface area contributed by atoms with E-state index in [1.54, 1.807) is 18.4 Å². The fraction of sp³-hybridized carbons (Fsp3) is 0.312. The van der Waals surface area contributed by atoms with Crippen LogP contribution in [0.25, 0.3) is 5.65 Å². The number of pyridine rings is 1. The predicted molar refractivity (Wildman–Crippen MR) is 84.8 cm³/mol. The number of furan rings is 1. The molecule has 116 valence electrons. The number of aromatic nitrogens is 2. The monoisotopic (exact) mass is 319 g/mol. The van der Waals surface area contributed by atoms with Gasteiger partial charge in [0, 0.05) is 18.8 Å². The van der Waals surface area contributed by atoms with Crippen LogP contribution in [0.15, 0.2) is 47.2 Å². The zero-order valence-corrected chi connectivity index (χ0v) is 13.0. The van der Waals surface area contributed by atoms with E-state index < -0.39 is 6.10 Å². The lowest BCUT2D eigenvalue weighted by Crippen LogP contribution is -2.28. The molecule has 0 bridgehead atoms. The second kappa shape index (κ2) is 6.52. The molecule has 0 radical (unpaired) electrons. The highest BCUT2D eigenvalue weighted by Gasteiger charge is 2.16. The van der Waals surface area contributed by atoms with Crippen molar-refractivity contribution < 1.29 is 9.52 Å². The van der Waals surface area contributed by atoms with Gasteiger partial charge in [-0.15, -0.1) is 0 Å². The van der Waals surface area contributed by atoms with Gasteiger partial charge in [0.2, 0.25) is 0 Å². The van der Waals surface area contributed by atoms with Gasteiger partial charge in [-0.25, -0.2) is 4.98 Å². The molecule has 0 aliphatic rings. The average molecular weight is 320 g/mol. The molecular weight excluding hydrogens is 302 g/mol. The lowest BCUT2D eigenvalue weighted by molar-refractivity contribution is 0.128. The molecule has 3 aromatic rings. The van der Waals surface area contributed by atoms with Gasteiger partial charge in [0.1, 0.15) is 17.5 Å². The van der Waals surface area contributed by atoms with Crippen molar-refractivity contribution in [3.8, 4) is 0 Å². The Morgan fingerprint density at radius 1 is 1.36 bits per heavy atom. The van der Waals surface area contributed by atoms with Crippen LogP contribution < -0.4 is 5.32 Å². The molecule has 2 unspecified atom stereocenters.